The third-order valence-corrected chi connectivity index (χ3v) is 1.94. The predicted octanol–water partition coefficient (Wildman–Crippen LogP) is 3.37. The van der Waals surface area contributed by atoms with Crippen molar-refractivity contribution in [2.24, 2.45) is 0 Å². The van der Waals surface area contributed by atoms with Gasteiger partial charge in [0.15, 0.2) is 0 Å². The maximum Gasteiger partial charge on any atom is 2.00 e. The molecule has 3 radical (unpaired) electrons. The van der Waals surface area contributed by atoms with Gasteiger partial charge in [-0.3, -0.25) is 0 Å². The first-order chi connectivity index (χ1) is 7.50. The van der Waals surface area contributed by atoms with Crippen molar-refractivity contribution in [2.75, 3.05) is 13.2 Å². The van der Waals surface area contributed by atoms with E-state index in [0.717, 1.165) is 13.2 Å². The SMILES string of the molecule is C1CCOC1.[CH]1[CH][CH-]C=C1.[Mn+2].c1cc[cH-]c1. The molecule has 16 heavy (non-hydrogen) atoms. The fraction of sp³-hybridized carbons (Fsp3) is 0.286. The molecular formula is C14H18MnO. The molecule has 1 aromatic carbocycles. The predicted molar refractivity (Wildman–Crippen MR) is 64.1 cm³/mol. The zero-order valence-corrected chi connectivity index (χ0v) is 10.6. The summed E-state index contributed by atoms with van der Waals surface area (Å²) in [6.07, 6.45) is 12.6. The molecule has 0 unspecified atom stereocenters. The van der Waals surface area contributed by atoms with Crippen molar-refractivity contribution in [3.05, 3.63) is 61.7 Å². The van der Waals surface area contributed by atoms with Crippen molar-refractivity contribution < 1.29 is 21.8 Å². The smallest absolute Gasteiger partial charge is 0.381 e. The molecule has 87 valence electrons. The van der Waals surface area contributed by atoms with E-state index in [4.69, 9.17) is 4.74 Å². The molecule has 1 nitrogen and oxygen atoms in total. The zero-order valence-electron chi connectivity index (χ0n) is 9.39. The van der Waals surface area contributed by atoms with Gasteiger partial charge in [-0.2, -0.15) is 18.2 Å². The molecule has 3 rings (SSSR count). The molecule has 1 aliphatic carbocycles. The molecule has 0 saturated carbocycles. The van der Waals surface area contributed by atoms with Gasteiger partial charge in [0.2, 0.25) is 0 Å². The summed E-state index contributed by atoms with van der Waals surface area (Å²) in [5, 5.41) is 0. The first-order valence-corrected chi connectivity index (χ1v) is 5.41. The van der Waals surface area contributed by atoms with Crippen molar-refractivity contribution in [2.45, 2.75) is 12.8 Å². The number of hydrogen-bond acceptors (Lipinski definition) is 1. The summed E-state index contributed by atoms with van der Waals surface area (Å²) in [5.74, 6) is 0. The summed E-state index contributed by atoms with van der Waals surface area (Å²) in [4.78, 5) is 0. The van der Waals surface area contributed by atoms with Gasteiger partial charge in [0.1, 0.15) is 0 Å². The van der Waals surface area contributed by atoms with Crippen LogP contribution in [0.25, 0.3) is 0 Å². The monoisotopic (exact) mass is 257 g/mol. The van der Waals surface area contributed by atoms with E-state index < -0.39 is 0 Å². The summed E-state index contributed by atoms with van der Waals surface area (Å²) >= 11 is 0. The van der Waals surface area contributed by atoms with Gasteiger partial charge in [-0.1, -0.05) is 0 Å². The Balaban J connectivity index is 0.000000205. The van der Waals surface area contributed by atoms with E-state index in [1.807, 2.05) is 61.7 Å². The Labute approximate surface area is 110 Å². The molecule has 1 heterocycles. The van der Waals surface area contributed by atoms with Crippen LogP contribution in [-0.4, -0.2) is 13.2 Å². The largest absolute Gasteiger partial charge is 2.00 e. The molecule has 1 fully saturated rings. The maximum absolute atomic E-state index is 4.94. The van der Waals surface area contributed by atoms with Crippen LogP contribution in [0.4, 0.5) is 0 Å². The van der Waals surface area contributed by atoms with E-state index in [-0.39, 0.29) is 17.1 Å². The van der Waals surface area contributed by atoms with Gasteiger partial charge in [0, 0.05) is 13.2 Å². The fourth-order valence-corrected chi connectivity index (χ4v) is 1.15. The third kappa shape index (κ3) is 9.97. The van der Waals surface area contributed by atoms with Crippen molar-refractivity contribution in [3.63, 3.8) is 0 Å². The minimum Gasteiger partial charge on any atom is -0.381 e. The van der Waals surface area contributed by atoms with Gasteiger partial charge in [0.25, 0.3) is 0 Å². The summed E-state index contributed by atoms with van der Waals surface area (Å²) in [5.41, 5.74) is 0. The number of rotatable bonds is 0. The fourth-order valence-electron chi connectivity index (χ4n) is 1.15. The second-order valence-electron chi connectivity index (χ2n) is 3.24. The minimum absolute atomic E-state index is 0. The van der Waals surface area contributed by atoms with Crippen LogP contribution in [0.15, 0.2) is 42.5 Å². The molecule has 2 heteroatoms. The summed E-state index contributed by atoms with van der Waals surface area (Å²) in [7, 11) is 0. The third-order valence-electron chi connectivity index (χ3n) is 1.94. The van der Waals surface area contributed by atoms with Gasteiger partial charge in [-0.15, -0.1) is 12.8 Å². The topological polar surface area (TPSA) is 9.23 Å². The molecule has 0 amide bonds. The molecule has 0 atom stereocenters. The Morgan fingerprint density at radius 2 is 1.69 bits per heavy atom. The van der Waals surface area contributed by atoms with E-state index in [1.54, 1.807) is 0 Å². The van der Waals surface area contributed by atoms with Gasteiger partial charge >= 0.3 is 17.1 Å². The summed E-state index contributed by atoms with van der Waals surface area (Å²) in [6.45, 7) is 2.00. The van der Waals surface area contributed by atoms with Crippen LogP contribution in [-0.2, 0) is 21.8 Å². The molecule has 0 N–H and O–H groups in total. The average Bonchev–Trinajstić information content (AvgIpc) is 3.09. The molecule has 1 aromatic rings. The number of ether oxygens (including phenoxy) is 1. The Bertz CT molecular complexity index is 194. The van der Waals surface area contributed by atoms with E-state index >= 15 is 0 Å². The quantitative estimate of drug-likeness (QED) is 0.511. The molecule has 1 aliphatic heterocycles. The maximum atomic E-state index is 4.94. The Morgan fingerprint density at radius 1 is 1.00 bits per heavy atom. The van der Waals surface area contributed by atoms with Crippen LogP contribution in [0.1, 0.15) is 12.8 Å². The van der Waals surface area contributed by atoms with E-state index in [0.29, 0.717) is 0 Å². The van der Waals surface area contributed by atoms with Gasteiger partial charge in [-0.05, 0) is 12.8 Å². The zero-order chi connectivity index (χ0) is 10.6. The first-order valence-electron chi connectivity index (χ1n) is 5.41. The Kier molecular flexibility index (Phi) is 12.1. The van der Waals surface area contributed by atoms with Crippen LogP contribution in [0.5, 0.6) is 0 Å². The first kappa shape index (κ1) is 15.4. The van der Waals surface area contributed by atoms with E-state index in [2.05, 4.69) is 0 Å². The Morgan fingerprint density at radius 3 is 1.88 bits per heavy atom. The van der Waals surface area contributed by atoms with Gasteiger partial charge < -0.3 is 4.74 Å². The molecule has 0 bridgehead atoms. The molecule has 0 spiro atoms. The van der Waals surface area contributed by atoms with Gasteiger partial charge in [0.05, 0.1) is 0 Å². The van der Waals surface area contributed by atoms with Crippen molar-refractivity contribution in [3.8, 4) is 0 Å². The van der Waals surface area contributed by atoms with Gasteiger partial charge in [-0.25, -0.2) is 30.7 Å². The minimum atomic E-state index is 0. The van der Waals surface area contributed by atoms with Crippen molar-refractivity contribution in [1.82, 2.24) is 0 Å². The standard InChI is InChI=1S/2C5H5.C4H8O.Mn/c3*1-2-4-5-3-1;/h2*1-5H;1-4H2;/q2*-1;;+2. The van der Waals surface area contributed by atoms with E-state index in [9.17, 15) is 0 Å². The second-order valence-corrected chi connectivity index (χ2v) is 3.24. The Hall–Kier alpha value is -0.561. The second kappa shape index (κ2) is 12.5. The van der Waals surface area contributed by atoms with Crippen molar-refractivity contribution in [1.29, 1.82) is 0 Å². The summed E-state index contributed by atoms with van der Waals surface area (Å²) in [6, 6.07) is 10.0. The molecule has 2 aliphatic rings. The number of hydrogen-bond donors (Lipinski definition) is 0. The molecule has 0 aromatic heterocycles. The van der Waals surface area contributed by atoms with E-state index in [1.165, 1.54) is 12.8 Å². The van der Waals surface area contributed by atoms with Crippen LogP contribution in [0, 0.1) is 19.3 Å². The van der Waals surface area contributed by atoms with Crippen molar-refractivity contribution >= 4 is 0 Å². The summed E-state index contributed by atoms with van der Waals surface area (Å²) < 4.78 is 4.94. The molecular weight excluding hydrogens is 239 g/mol. The van der Waals surface area contributed by atoms with Crippen LogP contribution in [0.2, 0.25) is 0 Å². The number of allylic oxidation sites excluding steroid dienone is 2. The molecule has 1 saturated heterocycles. The van der Waals surface area contributed by atoms with Crippen LogP contribution >= 0.6 is 0 Å². The average molecular weight is 257 g/mol. The van der Waals surface area contributed by atoms with Crippen LogP contribution < -0.4 is 0 Å². The van der Waals surface area contributed by atoms with Crippen LogP contribution in [0.3, 0.4) is 0 Å². The normalized spacial score (nSPS) is 16.0.